The molecule has 2 fully saturated rings. The van der Waals surface area contributed by atoms with Crippen molar-refractivity contribution in [2.24, 2.45) is 0 Å². The molecule has 4 rings (SSSR count). The fourth-order valence-corrected chi connectivity index (χ4v) is 3.11. The molecule has 3 aliphatic rings. The Kier molecular flexibility index (Phi) is 3.55. The zero-order valence-electron chi connectivity index (χ0n) is 13.8. The Labute approximate surface area is 144 Å². The van der Waals surface area contributed by atoms with Crippen LogP contribution in [0, 0.1) is 0 Å². The zero-order valence-corrected chi connectivity index (χ0v) is 13.8. The van der Waals surface area contributed by atoms with E-state index in [-0.39, 0.29) is 25.3 Å². The lowest BCUT2D eigenvalue weighted by molar-refractivity contribution is -0.134. The third-order valence-corrected chi connectivity index (χ3v) is 4.58. The number of benzene rings is 1. The molecule has 2 aliphatic heterocycles. The summed E-state index contributed by atoms with van der Waals surface area (Å²) in [6.07, 6.45) is 2.20. The number of hydrogen-bond donors (Lipinski definition) is 2. The summed E-state index contributed by atoms with van der Waals surface area (Å²) in [6, 6.07) is 5.06. The van der Waals surface area contributed by atoms with Crippen LogP contribution in [-0.4, -0.2) is 47.7 Å². The third kappa shape index (κ3) is 2.99. The van der Waals surface area contributed by atoms with Crippen molar-refractivity contribution in [2.45, 2.75) is 37.8 Å². The van der Waals surface area contributed by atoms with Gasteiger partial charge in [0.15, 0.2) is 11.5 Å². The number of imide groups is 1. The molecule has 1 saturated heterocycles. The van der Waals surface area contributed by atoms with Crippen LogP contribution in [0.2, 0.25) is 0 Å². The first-order valence-electron chi connectivity index (χ1n) is 8.27. The van der Waals surface area contributed by atoms with Gasteiger partial charge in [0.05, 0.1) is 0 Å². The number of fused-ring (bicyclic) bond motifs is 1. The number of carbonyl (C=O) groups excluding carboxylic acids is 3. The van der Waals surface area contributed by atoms with E-state index in [2.05, 4.69) is 10.6 Å². The fourth-order valence-electron chi connectivity index (χ4n) is 3.11. The molecule has 25 heavy (non-hydrogen) atoms. The fraction of sp³-hybridized carbons (Fsp3) is 0.471. The van der Waals surface area contributed by atoms with E-state index < -0.39 is 17.5 Å². The second kappa shape index (κ2) is 5.65. The number of urea groups is 1. The Morgan fingerprint density at radius 2 is 2.08 bits per heavy atom. The number of carbonyl (C=O) groups is 3. The van der Waals surface area contributed by atoms with E-state index in [9.17, 15) is 14.4 Å². The van der Waals surface area contributed by atoms with Crippen LogP contribution >= 0.6 is 0 Å². The summed E-state index contributed by atoms with van der Waals surface area (Å²) in [6.45, 7) is 1.59. The molecule has 4 amide bonds. The number of rotatable bonds is 5. The molecule has 8 heteroatoms. The minimum Gasteiger partial charge on any atom is -0.454 e. The quantitative estimate of drug-likeness (QED) is 0.760. The lowest BCUT2D eigenvalue weighted by Crippen LogP contribution is -2.47. The van der Waals surface area contributed by atoms with Crippen molar-refractivity contribution < 1.29 is 23.9 Å². The van der Waals surface area contributed by atoms with Gasteiger partial charge in [-0.25, -0.2) is 4.79 Å². The van der Waals surface area contributed by atoms with Crippen LogP contribution in [0.15, 0.2) is 18.2 Å². The molecule has 1 atom stereocenters. The lowest BCUT2D eigenvalue weighted by Gasteiger charge is -2.21. The SMILES string of the molecule is CC1(Cc2ccc3c(c2)OCO3)NC(=O)N(CC(=O)NC2CC2)C1=O. The van der Waals surface area contributed by atoms with Crippen LogP contribution in [0.4, 0.5) is 4.79 Å². The van der Waals surface area contributed by atoms with Crippen LogP contribution in [0.1, 0.15) is 25.3 Å². The van der Waals surface area contributed by atoms with Gasteiger partial charge in [0.25, 0.3) is 5.91 Å². The van der Waals surface area contributed by atoms with Gasteiger partial charge in [0.1, 0.15) is 12.1 Å². The highest BCUT2D eigenvalue weighted by Gasteiger charge is 2.48. The van der Waals surface area contributed by atoms with E-state index in [1.807, 2.05) is 6.07 Å². The van der Waals surface area contributed by atoms with E-state index in [0.29, 0.717) is 17.9 Å². The maximum absolute atomic E-state index is 12.7. The van der Waals surface area contributed by atoms with E-state index in [0.717, 1.165) is 23.3 Å². The Balaban J connectivity index is 1.46. The predicted molar refractivity (Wildman–Crippen MR) is 86.1 cm³/mol. The van der Waals surface area contributed by atoms with Crippen LogP contribution in [0.25, 0.3) is 0 Å². The second-order valence-electron chi connectivity index (χ2n) is 6.86. The van der Waals surface area contributed by atoms with Crippen LogP contribution in [0.3, 0.4) is 0 Å². The molecule has 0 aromatic heterocycles. The summed E-state index contributed by atoms with van der Waals surface area (Å²) in [5.41, 5.74) is -0.255. The van der Waals surface area contributed by atoms with Crippen molar-refractivity contribution in [1.29, 1.82) is 0 Å². The standard InChI is InChI=1S/C17H19N3O5/c1-17(7-10-2-5-12-13(6-10)25-9-24-12)15(22)20(16(23)19-17)8-14(21)18-11-3-4-11/h2,5-6,11H,3-4,7-9H2,1H3,(H,18,21)(H,19,23). The smallest absolute Gasteiger partial charge is 0.325 e. The van der Waals surface area contributed by atoms with Crippen molar-refractivity contribution in [3.8, 4) is 11.5 Å². The van der Waals surface area contributed by atoms with Gasteiger partial charge in [0, 0.05) is 12.5 Å². The second-order valence-corrected chi connectivity index (χ2v) is 6.86. The van der Waals surface area contributed by atoms with Crippen LogP contribution in [-0.2, 0) is 16.0 Å². The third-order valence-electron chi connectivity index (χ3n) is 4.58. The molecule has 1 unspecified atom stereocenters. The van der Waals surface area contributed by atoms with Crippen molar-refractivity contribution >= 4 is 17.8 Å². The number of ether oxygens (including phenoxy) is 2. The van der Waals surface area contributed by atoms with Gasteiger partial charge in [-0.05, 0) is 37.5 Å². The number of hydrogen-bond acceptors (Lipinski definition) is 5. The van der Waals surface area contributed by atoms with Gasteiger partial charge < -0.3 is 20.1 Å². The molecule has 0 radical (unpaired) electrons. The molecule has 1 saturated carbocycles. The Bertz CT molecular complexity index is 761. The molecular weight excluding hydrogens is 326 g/mol. The first kappa shape index (κ1) is 15.7. The van der Waals surface area contributed by atoms with Gasteiger partial charge in [-0.1, -0.05) is 6.07 Å². The van der Waals surface area contributed by atoms with E-state index in [4.69, 9.17) is 9.47 Å². The molecule has 1 aliphatic carbocycles. The van der Waals surface area contributed by atoms with Gasteiger partial charge >= 0.3 is 6.03 Å². The Morgan fingerprint density at radius 1 is 1.32 bits per heavy atom. The normalized spacial score (nSPS) is 24.4. The highest BCUT2D eigenvalue weighted by molar-refractivity contribution is 6.09. The summed E-state index contributed by atoms with van der Waals surface area (Å²) >= 11 is 0. The van der Waals surface area contributed by atoms with Crippen molar-refractivity contribution in [3.63, 3.8) is 0 Å². The largest absolute Gasteiger partial charge is 0.454 e. The summed E-state index contributed by atoms with van der Waals surface area (Å²) in [5, 5.41) is 5.49. The maximum atomic E-state index is 12.7. The molecular formula is C17H19N3O5. The van der Waals surface area contributed by atoms with Crippen molar-refractivity contribution in [1.82, 2.24) is 15.5 Å². The highest BCUT2D eigenvalue weighted by Crippen LogP contribution is 2.34. The van der Waals surface area contributed by atoms with Crippen LogP contribution < -0.4 is 20.1 Å². The molecule has 2 N–H and O–H groups in total. The van der Waals surface area contributed by atoms with E-state index in [1.54, 1.807) is 19.1 Å². The van der Waals surface area contributed by atoms with Gasteiger partial charge in [-0.15, -0.1) is 0 Å². The zero-order chi connectivity index (χ0) is 17.6. The van der Waals surface area contributed by atoms with Crippen molar-refractivity contribution in [2.75, 3.05) is 13.3 Å². The maximum Gasteiger partial charge on any atom is 0.325 e. The Morgan fingerprint density at radius 3 is 2.84 bits per heavy atom. The summed E-state index contributed by atoms with van der Waals surface area (Å²) in [5.74, 6) is 0.576. The van der Waals surface area contributed by atoms with Gasteiger partial charge in [-0.3, -0.25) is 14.5 Å². The van der Waals surface area contributed by atoms with Gasteiger partial charge in [0.2, 0.25) is 12.7 Å². The molecule has 0 bridgehead atoms. The monoisotopic (exact) mass is 345 g/mol. The number of nitrogens with one attached hydrogen (secondary N) is 2. The Hall–Kier alpha value is -2.77. The molecule has 2 heterocycles. The average Bonchev–Trinajstić information content (AvgIpc) is 3.20. The highest BCUT2D eigenvalue weighted by atomic mass is 16.7. The van der Waals surface area contributed by atoms with Gasteiger partial charge in [-0.2, -0.15) is 0 Å². The molecule has 0 spiro atoms. The minimum atomic E-state index is -1.09. The molecule has 132 valence electrons. The summed E-state index contributed by atoms with van der Waals surface area (Å²) in [7, 11) is 0. The lowest BCUT2D eigenvalue weighted by atomic mass is 9.92. The number of nitrogens with zero attached hydrogens (tertiary/aromatic N) is 1. The first-order valence-corrected chi connectivity index (χ1v) is 8.27. The molecule has 8 nitrogen and oxygen atoms in total. The van der Waals surface area contributed by atoms with Crippen molar-refractivity contribution in [3.05, 3.63) is 23.8 Å². The molecule has 1 aromatic rings. The van der Waals surface area contributed by atoms with Crippen LogP contribution in [0.5, 0.6) is 11.5 Å². The summed E-state index contributed by atoms with van der Waals surface area (Å²) in [4.78, 5) is 37.8. The average molecular weight is 345 g/mol. The predicted octanol–water partition coefficient (Wildman–Crippen LogP) is 0.547. The minimum absolute atomic E-state index is 0.176. The molecule has 1 aromatic carbocycles. The number of amides is 4. The van der Waals surface area contributed by atoms with E-state index >= 15 is 0 Å². The summed E-state index contributed by atoms with van der Waals surface area (Å²) < 4.78 is 10.6. The topological polar surface area (TPSA) is 97.0 Å². The van der Waals surface area contributed by atoms with E-state index in [1.165, 1.54) is 0 Å². The first-order chi connectivity index (χ1) is 11.9.